The Morgan fingerprint density at radius 3 is 1.41 bits per heavy atom. The molecule has 1 unspecified atom stereocenters. The fraction of sp³-hybridized carbons (Fsp3) is 0.0312. The number of hydrogen-bond donors (Lipinski definition) is 1. The third-order valence-electron chi connectivity index (χ3n) is 13.9. The summed E-state index contributed by atoms with van der Waals surface area (Å²) in [5, 5.41) is 3.62. The van der Waals surface area contributed by atoms with Gasteiger partial charge in [0.05, 0.1) is 16.8 Å². The quantitative estimate of drug-likeness (QED) is 0.173. The molecule has 10 aromatic carbocycles. The van der Waals surface area contributed by atoms with Crippen LogP contribution in [0.1, 0.15) is 45.1 Å². The molecule has 2 heterocycles. The maximum absolute atomic E-state index is 5.26. The van der Waals surface area contributed by atoms with Crippen LogP contribution in [0, 0.1) is 0 Å². The van der Waals surface area contributed by atoms with E-state index in [-0.39, 0.29) is 0 Å². The summed E-state index contributed by atoms with van der Waals surface area (Å²) < 4.78 is 0. The highest BCUT2D eigenvalue weighted by molar-refractivity contribution is 6.16. The molecule has 0 fully saturated rings. The Morgan fingerprint density at radius 1 is 0.324 bits per heavy atom. The molecule has 13 rings (SSSR count). The smallest absolute Gasteiger partial charge is 0.169 e. The van der Waals surface area contributed by atoms with Crippen molar-refractivity contribution in [3.05, 3.63) is 294 Å². The van der Waals surface area contributed by atoms with Gasteiger partial charge in [-0.2, -0.15) is 0 Å². The number of rotatable bonds is 7. The molecule has 4 heteroatoms. The second kappa shape index (κ2) is 16.2. The van der Waals surface area contributed by atoms with Gasteiger partial charge in [0, 0.05) is 16.8 Å². The van der Waals surface area contributed by atoms with Gasteiger partial charge in [0.1, 0.15) is 11.7 Å². The molecule has 3 aliphatic rings. The average Bonchev–Trinajstić information content (AvgIpc) is 3.71. The van der Waals surface area contributed by atoms with E-state index in [1.54, 1.807) is 0 Å². The van der Waals surface area contributed by atoms with E-state index in [0.717, 1.165) is 50.7 Å². The molecule has 0 aromatic heterocycles. The van der Waals surface area contributed by atoms with Crippen LogP contribution in [-0.4, -0.2) is 11.7 Å². The second-order valence-corrected chi connectivity index (χ2v) is 17.7. The summed E-state index contributed by atoms with van der Waals surface area (Å²) in [4.78, 5) is 12.9. The fourth-order valence-corrected chi connectivity index (χ4v) is 10.8. The van der Waals surface area contributed by atoms with E-state index in [1.807, 2.05) is 24.3 Å². The molecule has 1 N–H and O–H groups in total. The summed E-state index contributed by atoms with van der Waals surface area (Å²) in [6, 6.07) is 92.0. The molecule has 0 radical (unpaired) electrons. The van der Waals surface area contributed by atoms with Crippen LogP contribution < -0.4 is 10.2 Å². The maximum Gasteiger partial charge on any atom is 0.169 e. The number of anilines is 3. The summed E-state index contributed by atoms with van der Waals surface area (Å²) in [7, 11) is 0. The summed E-state index contributed by atoms with van der Waals surface area (Å²) in [6.45, 7) is 0. The summed E-state index contributed by atoms with van der Waals surface area (Å²) >= 11 is 0. The number of fused-ring (bicyclic) bond motifs is 9. The normalized spacial score (nSPS) is 15.0. The van der Waals surface area contributed by atoms with Crippen LogP contribution in [0.3, 0.4) is 0 Å². The lowest BCUT2D eigenvalue weighted by molar-refractivity contribution is 0.753. The first kappa shape index (κ1) is 39.5. The van der Waals surface area contributed by atoms with E-state index in [9.17, 15) is 0 Å². The Balaban J connectivity index is 0.892. The summed E-state index contributed by atoms with van der Waals surface area (Å²) in [5.41, 5.74) is 20.7. The third-order valence-corrected chi connectivity index (χ3v) is 13.9. The van der Waals surface area contributed by atoms with Gasteiger partial charge in [-0.15, -0.1) is 0 Å². The van der Waals surface area contributed by atoms with Gasteiger partial charge in [0.25, 0.3) is 0 Å². The minimum Gasteiger partial charge on any atom is -0.324 e. The molecular formula is C64H44N4. The Hall–Kier alpha value is -8.86. The summed E-state index contributed by atoms with van der Waals surface area (Å²) in [5.74, 6) is 1.59. The van der Waals surface area contributed by atoms with Crippen molar-refractivity contribution in [2.75, 3.05) is 4.90 Å². The third kappa shape index (κ3) is 6.45. The van der Waals surface area contributed by atoms with Gasteiger partial charge in [-0.1, -0.05) is 212 Å². The lowest BCUT2D eigenvalue weighted by Crippen LogP contribution is -2.36. The van der Waals surface area contributed by atoms with E-state index in [1.165, 1.54) is 61.4 Å². The number of aliphatic imine (C=N–C) groups is 2. The van der Waals surface area contributed by atoms with E-state index in [0.29, 0.717) is 0 Å². The number of para-hydroxylation sites is 3. The predicted octanol–water partition coefficient (Wildman–Crippen LogP) is 15.3. The van der Waals surface area contributed by atoms with Crippen molar-refractivity contribution >= 4 is 28.7 Å². The molecular weight excluding hydrogens is 825 g/mol. The molecule has 320 valence electrons. The Kier molecular flexibility index (Phi) is 9.43. The zero-order chi connectivity index (χ0) is 45.0. The van der Waals surface area contributed by atoms with Crippen molar-refractivity contribution in [2.24, 2.45) is 9.98 Å². The molecule has 1 atom stereocenters. The van der Waals surface area contributed by atoms with Gasteiger partial charge in [0.2, 0.25) is 0 Å². The first-order valence-corrected chi connectivity index (χ1v) is 23.3. The van der Waals surface area contributed by atoms with Crippen LogP contribution in [-0.2, 0) is 5.41 Å². The molecule has 0 saturated carbocycles. The Bertz CT molecular complexity index is 3550. The highest BCUT2D eigenvalue weighted by atomic mass is 15.2. The number of benzene rings is 10. The molecule has 68 heavy (non-hydrogen) atoms. The average molecular weight is 869 g/mol. The van der Waals surface area contributed by atoms with Crippen molar-refractivity contribution in [3.63, 3.8) is 0 Å². The van der Waals surface area contributed by atoms with Crippen molar-refractivity contribution in [1.82, 2.24) is 5.32 Å². The van der Waals surface area contributed by atoms with E-state index < -0.39 is 11.6 Å². The van der Waals surface area contributed by atoms with Gasteiger partial charge in [-0.05, 0) is 115 Å². The van der Waals surface area contributed by atoms with Crippen LogP contribution in [0.4, 0.5) is 17.1 Å². The summed E-state index contributed by atoms with van der Waals surface area (Å²) in [6.07, 6.45) is -0.406. The number of hydrogen-bond acceptors (Lipinski definition) is 4. The lowest BCUT2D eigenvalue weighted by Gasteiger charge is -2.45. The van der Waals surface area contributed by atoms with Gasteiger partial charge in [-0.25, -0.2) is 9.98 Å². The molecule has 4 nitrogen and oxygen atoms in total. The van der Waals surface area contributed by atoms with Gasteiger partial charge < -0.3 is 10.2 Å². The fourth-order valence-electron chi connectivity index (χ4n) is 10.8. The number of nitrogens with one attached hydrogen (secondary N) is 1. The largest absolute Gasteiger partial charge is 0.324 e. The Morgan fingerprint density at radius 2 is 0.765 bits per heavy atom. The van der Waals surface area contributed by atoms with Crippen molar-refractivity contribution in [3.8, 4) is 44.5 Å². The highest BCUT2D eigenvalue weighted by Gasteiger charge is 2.51. The topological polar surface area (TPSA) is 40.0 Å². The predicted molar refractivity (Wildman–Crippen MR) is 280 cm³/mol. The molecule has 1 spiro atoms. The number of nitrogens with zero attached hydrogens (tertiary/aromatic N) is 3. The standard InChI is InChI=1S/C64H44N4/c1-4-18-43(19-5-1)44-34-36-46(37-35-44)62-65-61(45-20-6-2-7-21-45)66-63(67-62)51-25-17-24-49(41-51)47-22-16-23-48(40-47)50-38-39-54-53-28-10-11-29-55(53)64(58(54)42-50)56-30-12-14-32-59(56)68(52-26-8-3-9-27-52)60-33-15-13-31-57(60)64/h1-42,62H,(H,65,66,67). The Labute approximate surface area is 396 Å². The van der Waals surface area contributed by atoms with E-state index in [4.69, 9.17) is 9.98 Å². The zero-order valence-electron chi connectivity index (χ0n) is 37.2. The first-order chi connectivity index (χ1) is 33.7. The van der Waals surface area contributed by atoms with Gasteiger partial charge >= 0.3 is 0 Å². The van der Waals surface area contributed by atoms with Gasteiger partial charge in [0.15, 0.2) is 6.17 Å². The van der Waals surface area contributed by atoms with Crippen LogP contribution >= 0.6 is 0 Å². The van der Waals surface area contributed by atoms with Crippen LogP contribution in [0.15, 0.2) is 265 Å². The molecule has 0 bridgehead atoms. The second-order valence-electron chi connectivity index (χ2n) is 17.7. The molecule has 0 saturated heterocycles. The minimum absolute atomic E-state index is 0.406. The van der Waals surface area contributed by atoms with Crippen molar-refractivity contribution in [1.29, 1.82) is 0 Å². The molecule has 1 aliphatic carbocycles. The van der Waals surface area contributed by atoms with E-state index >= 15 is 0 Å². The van der Waals surface area contributed by atoms with Crippen LogP contribution in [0.25, 0.3) is 44.5 Å². The molecule has 10 aromatic rings. The van der Waals surface area contributed by atoms with Crippen molar-refractivity contribution < 1.29 is 0 Å². The highest BCUT2D eigenvalue weighted by Crippen LogP contribution is 2.63. The van der Waals surface area contributed by atoms with Crippen LogP contribution in [0.5, 0.6) is 0 Å². The lowest BCUT2D eigenvalue weighted by atomic mass is 9.64. The zero-order valence-corrected chi connectivity index (χ0v) is 37.2. The van der Waals surface area contributed by atoms with Crippen LogP contribution in [0.2, 0.25) is 0 Å². The SMILES string of the molecule is c1ccc(C2=NC(c3ccc(-c4ccccc4)cc3)N=C(c3cccc(-c4cccc(-c5ccc6c(c5)C5(c7ccccc7-6)c6ccccc6N(c6ccccc6)c6ccccc65)c4)c3)N2)cc1. The van der Waals surface area contributed by atoms with E-state index in [2.05, 4.69) is 241 Å². The number of amidine groups is 2. The molecule has 0 amide bonds. The minimum atomic E-state index is -0.524. The first-order valence-electron chi connectivity index (χ1n) is 23.3. The van der Waals surface area contributed by atoms with Crippen molar-refractivity contribution in [2.45, 2.75) is 11.6 Å². The maximum atomic E-state index is 5.26. The molecule has 2 aliphatic heterocycles. The van der Waals surface area contributed by atoms with Gasteiger partial charge in [-0.3, -0.25) is 0 Å². The monoisotopic (exact) mass is 868 g/mol.